The molecule has 1 amide bonds. The third-order valence-electron chi connectivity index (χ3n) is 3.73. The van der Waals surface area contributed by atoms with Crippen LogP contribution in [-0.4, -0.2) is 29.9 Å². The van der Waals surface area contributed by atoms with Crippen molar-refractivity contribution in [2.45, 2.75) is 18.9 Å². The van der Waals surface area contributed by atoms with Gasteiger partial charge in [0.2, 0.25) is 5.91 Å². The quantitative estimate of drug-likeness (QED) is 0.691. The lowest BCUT2D eigenvalue weighted by Gasteiger charge is -2.15. The van der Waals surface area contributed by atoms with Gasteiger partial charge >= 0.3 is 5.97 Å². The summed E-state index contributed by atoms with van der Waals surface area (Å²) in [6, 6.07) is 11.8. The van der Waals surface area contributed by atoms with E-state index >= 15 is 0 Å². The summed E-state index contributed by atoms with van der Waals surface area (Å²) in [5.41, 5.74) is 0.738. The molecule has 0 aliphatic carbocycles. The molecule has 26 heavy (non-hydrogen) atoms. The van der Waals surface area contributed by atoms with E-state index in [-0.39, 0.29) is 24.2 Å². The number of rotatable bonds is 8. The first kappa shape index (κ1) is 19.5. The van der Waals surface area contributed by atoms with E-state index in [1.807, 2.05) is 0 Å². The highest BCUT2D eigenvalue weighted by Gasteiger charge is 2.22. The zero-order chi connectivity index (χ0) is 19.1. The van der Waals surface area contributed by atoms with Gasteiger partial charge in [-0.05, 0) is 23.8 Å². The topological polar surface area (TPSA) is 92.7 Å². The molecular weight excluding hydrogens is 358 g/mol. The Morgan fingerprint density at radius 3 is 2.42 bits per heavy atom. The maximum atomic E-state index is 12.3. The van der Waals surface area contributed by atoms with E-state index in [9.17, 15) is 19.5 Å². The lowest BCUT2D eigenvalue weighted by atomic mass is 10.0. The Labute approximate surface area is 155 Å². The average Bonchev–Trinajstić information content (AvgIpc) is 2.64. The number of amides is 1. The van der Waals surface area contributed by atoms with Crippen molar-refractivity contribution in [3.63, 3.8) is 0 Å². The third-order valence-corrected chi connectivity index (χ3v) is 3.96. The molecule has 0 saturated carbocycles. The van der Waals surface area contributed by atoms with Crippen LogP contribution in [0, 0.1) is 0 Å². The Morgan fingerprint density at radius 1 is 1.12 bits per heavy atom. The highest BCUT2D eigenvalue weighted by Crippen LogP contribution is 2.24. The second kappa shape index (κ2) is 9.01. The number of Topliss-reactive ketones (excluding diaryl/α,β-unsaturated/α-hetero) is 1. The molecule has 0 fully saturated rings. The highest BCUT2D eigenvalue weighted by atomic mass is 35.5. The van der Waals surface area contributed by atoms with Crippen molar-refractivity contribution in [1.29, 1.82) is 0 Å². The number of halogens is 1. The Bertz CT molecular complexity index is 807. The highest BCUT2D eigenvalue weighted by molar-refractivity contribution is 6.31. The summed E-state index contributed by atoms with van der Waals surface area (Å²) in [4.78, 5) is 35.8. The molecular formula is C19H18ClNO5. The molecule has 0 spiro atoms. The third kappa shape index (κ3) is 5.07. The Balaban J connectivity index is 2.01. The van der Waals surface area contributed by atoms with E-state index in [4.69, 9.17) is 16.3 Å². The summed E-state index contributed by atoms with van der Waals surface area (Å²) >= 11 is 5.90. The molecule has 1 unspecified atom stereocenters. The number of carbonyl (C=O) groups excluding carboxylic acids is 2. The fraction of sp³-hybridized carbons (Fsp3) is 0.211. The van der Waals surface area contributed by atoms with Crippen molar-refractivity contribution >= 4 is 29.3 Å². The van der Waals surface area contributed by atoms with Crippen LogP contribution >= 0.6 is 11.6 Å². The molecule has 0 saturated heterocycles. The van der Waals surface area contributed by atoms with Crippen molar-refractivity contribution in [3.8, 4) is 5.75 Å². The van der Waals surface area contributed by atoms with Crippen LogP contribution in [0.25, 0.3) is 0 Å². The number of hydrogen-bond acceptors (Lipinski definition) is 4. The molecule has 0 aromatic heterocycles. The molecule has 1 atom stereocenters. The van der Waals surface area contributed by atoms with E-state index in [1.165, 1.54) is 13.2 Å². The molecule has 136 valence electrons. The van der Waals surface area contributed by atoms with E-state index in [1.54, 1.807) is 42.5 Å². The van der Waals surface area contributed by atoms with Crippen molar-refractivity contribution in [1.82, 2.24) is 5.32 Å². The summed E-state index contributed by atoms with van der Waals surface area (Å²) in [6.45, 7) is 0. The molecule has 0 aliphatic heterocycles. The molecule has 0 radical (unpaired) electrons. The number of carboxylic acid groups (broad SMARTS) is 1. The fourth-order valence-corrected chi connectivity index (χ4v) is 2.60. The fourth-order valence-electron chi connectivity index (χ4n) is 2.43. The van der Waals surface area contributed by atoms with Gasteiger partial charge in [0.25, 0.3) is 0 Å². The van der Waals surface area contributed by atoms with Gasteiger partial charge in [-0.1, -0.05) is 41.9 Å². The van der Waals surface area contributed by atoms with Gasteiger partial charge in [-0.3, -0.25) is 9.59 Å². The summed E-state index contributed by atoms with van der Waals surface area (Å²) < 4.78 is 5.12. The van der Waals surface area contributed by atoms with Gasteiger partial charge in [-0.2, -0.15) is 0 Å². The standard InChI is InChI=1S/C19H18ClNO5/c1-26-16-9-7-13(20)11-14(16)15(22)8-10-17(23)21-18(19(24)25)12-5-3-2-4-6-12/h2-7,9,11,18H,8,10H2,1H3,(H,21,23)(H,24,25). The number of ether oxygens (including phenoxy) is 1. The maximum Gasteiger partial charge on any atom is 0.330 e. The van der Waals surface area contributed by atoms with Crippen LogP contribution in [0.2, 0.25) is 5.02 Å². The van der Waals surface area contributed by atoms with E-state index in [0.29, 0.717) is 16.3 Å². The minimum Gasteiger partial charge on any atom is -0.496 e. The van der Waals surface area contributed by atoms with Crippen molar-refractivity contribution in [2.24, 2.45) is 0 Å². The number of methoxy groups -OCH3 is 1. The first-order valence-electron chi connectivity index (χ1n) is 7.86. The van der Waals surface area contributed by atoms with Crippen LogP contribution in [0.5, 0.6) is 5.75 Å². The average molecular weight is 376 g/mol. The monoisotopic (exact) mass is 375 g/mol. The molecule has 2 aromatic rings. The predicted octanol–water partition coefficient (Wildman–Crippen LogP) is 3.25. The predicted molar refractivity (Wildman–Crippen MR) is 96.5 cm³/mol. The molecule has 7 heteroatoms. The zero-order valence-electron chi connectivity index (χ0n) is 14.1. The van der Waals surface area contributed by atoms with Crippen molar-refractivity contribution in [2.75, 3.05) is 7.11 Å². The van der Waals surface area contributed by atoms with Gasteiger partial charge in [0, 0.05) is 17.9 Å². The van der Waals surface area contributed by atoms with E-state index in [2.05, 4.69) is 5.32 Å². The van der Waals surface area contributed by atoms with Crippen LogP contribution in [0.3, 0.4) is 0 Å². The maximum absolute atomic E-state index is 12.3. The van der Waals surface area contributed by atoms with E-state index < -0.39 is 17.9 Å². The van der Waals surface area contributed by atoms with Crippen LogP contribution in [0.4, 0.5) is 0 Å². The Hall–Kier alpha value is -2.86. The lowest BCUT2D eigenvalue weighted by molar-refractivity contribution is -0.142. The second-order valence-electron chi connectivity index (χ2n) is 5.52. The number of aliphatic carboxylic acids is 1. The first-order chi connectivity index (χ1) is 12.4. The second-order valence-corrected chi connectivity index (χ2v) is 5.95. The molecule has 0 aliphatic rings. The number of carbonyl (C=O) groups is 3. The smallest absolute Gasteiger partial charge is 0.330 e. The van der Waals surface area contributed by atoms with Gasteiger partial charge in [0.1, 0.15) is 5.75 Å². The van der Waals surface area contributed by atoms with Gasteiger partial charge in [-0.15, -0.1) is 0 Å². The Kier molecular flexibility index (Phi) is 6.74. The molecule has 6 nitrogen and oxygen atoms in total. The zero-order valence-corrected chi connectivity index (χ0v) is 14.8. The Morgan fingerprint density at radius 2 is 1.81 bits per heavy atom. The minimum absolute atomic E-state index is 0.0936. The van der Waals surface area contributed by atoms with Crippen LogP contribution in [0.15, 0.2) is 48.5 Å². The molecule has 0 bridgehead atoms. The van der Waals surface area contributed by atoms with Gasteiger partial charge < -0.3 is 15.2 Å². The number of hydrogen-bond donors (Lipinski definition) is 2. The SMILES string of the molecule is COc1ccc(Cl)cc1C(=O)CCC(=O)NC(C(=O)O)c1ccccc1. The van der Waals surface area contributed by atoms with Gasteiger partial charge in [0.05, 0.1) is 12.7 Å². The normalized spacial score (nSPS) is 11.5. The van der Waals surface area contributed by atoms with E-state index in [0.717, 1.165) is 0 Å². The lowest BCUT2D eigenvalue weighted by Crippen LogP contribution is -2.33. The largest absolute Gasteiger partial charge is 0.496 e. The molecule has 2 N–H and O–H groups in total. The number of benzene rings is 2. The number of nitrogens with one attached hydrogen (secondary N) is 1. The summed E-state index contributed by atoms with van der Waals surface area (Å²) in [7, 11) is 1.43. The van der Waals surface area contributed by atoms with Crippen molar-refractivity contribution in [3.05, 3.63) is 64.7 Å². The first-order valence-corrected chi connectivity index (χ1v) is 8.24. The van der Waals surface area contributed by atoms with Gasteiger partial charge in [0.15, 0.2) is 11.8 Å². The molecule has 2 rings (SSSR count). The van der Waals surface area contributed by atoms with Gasteiger partial charge in [-0.25, -0.2) is 4.79 Å². The summed E-state index contributed by atoms with van der Waals surface area (Å²) in [5, 5.41) is 12.1. The molecule has 2 aromatic carbocycles. The number of ketones is 1. The van der Waals surface area contributed by atoms with Crippen LogP contribution in [0.1, 0.15) is 34.8 Å². The van der Waals surface area contributed by atoms with Crippen LogP contribution in [-0.2, 0) is 9.59 Å². The summed E-state index contributed by atoms with van der Waals surface area (Å²) in [5.74, 6) is -1.65. The number of carboxylic acids is 1. The summed E-state index contributed by atoms with van der Waals surface area (Å²) in [6.07, 6.45) is -0.241. The molecule has 0 heterocycles. The minimum atomic E-state index is -1.17. The van der Waals surface area contributed by atoms with Crippen molar-refractivity contribution < 1.29 is 24.2 Å². The van der Waals surface area contributed by atoms with Crippen LogP contribution < -0.4 is 10.1 Å².